The molecule has 3 rings (SSSR count). The first-order chi connectivity index (χ1) is 8.62. The smallest absolute Gasteiger partial charge is 0.0991 e. The van der Waals surface area contributed by atoms with E-state index in [-0.39, 0.29) is 10.9 Å². The highest BCUT2D eigenvalue weighted by Gasteiger charge is 2.39. The quantitative estimate of drug-likeness (QED) is 0.847. The normalized spacial score (nSPS) is 19.3. The molecule has 98 valence electrons. The largest absolute Gasteiger partial charge is 0.412 e. The summed E-state index contributed by atoms with van der Waals surface area (Å²) in [5, 5.41) is 16.1. The fourth-order valence-corrected chi connectivity index (χ4v) is 2.91. The van der Waals surface area contributed by atoms with Crippen LogP contribution in [0.5, 0.6) is 0 Å². The van der Waals surface area contributed by atoms with Gasteiger partial charge >= 0.3 is 0 Å². The predicted octanol–water partition coefficient (Wildman–Crippen LogP) is 2.27. The average molecular weight is 255 g/mol. The highest BCUT2D eigenvalue weighted by atomic mass is 16.0. The fraction of sp³-hybridized carbons (Fsp3) is 0.333. The third kappa shape index (κ3) is 2.02. The first kappa shape index (κ1) is 13.3. The second-order valence-electron chi connectivity index (χ2n) is 5.57. The highest BCUT2D eigenvalue weighted by molar-refractivity contribution is 5.44. The van der Waals surface area contributed by atoms with Crippen molar-refractivity contribution in [3.63, 3.8) is 0 Å². The van der Waals surface area contributed by atoms with Crippen LogP contribution in [-0.4, -0.2) is 15.7 Å². The molecule has 1 atom stereocenters. The summed E-state index contributed by atoms with van der Waals surface area (Å²) in [7, 11) is 0. The van der Waals surface area contributed by atoms with E-state index in [9.17, 15) is 0 Å². The molecule has 3 N–H and O–H groups in total. The molecule has 0 radical (unpaired) electrons. The van der Waals surface area contributed by atoms with E-state index >= 15 is 0 Å². The fourth-order valence-electron chi connectivity index (χ4n) is 2.91. The van der Waals surface area contributed by atoms with E-state index in [1.165, 1.54) is 16.8 Å². The number of hydrogen-bond acceptors (Lipinski definition) is 2. The molecule has 1 heterocycles. The van der Waals surface area contributed by atoms with Crippen LogP contribution in [0.15, 0.2) is 30.5 Å². The summed E-state index contributed by atoms with van der Waals surface area (Å²) in [4.78, 5) is 0. The van der Waals surface area contributed by atoms with Gasteiger partial charge in [0.25, 0.3) is 0 Å². The first-order valence-corrected chi connectivity index (χ1v) is 6.15. The summed E-state index contributed by atoms with van der Waals surface area (Å²) >= 11 is 0. The van der Waals surface area contributed by atoms with E-state index in [2.05, 4.69) is 42.2 Å². The van der Waals surface area contributed by atoms with E-state index < -0.39 is 0 Å². The van der Waals surface area contributed by atoms with Crippen molar-refractivity contribution in [2.24, 2.45) is 0 Å². The van der Waals surface area contributed by atoms with Gasteiger partial charge in [-0.25, -0.2) is 0 Å². The minimum atomic E-state index is 0. The van der Waals surface area contributed by atoms with E-state index in [1.807, 2.05) is 18.3 Å². The van der Waals surface area contributed by atoms with Crippen molar-refractivity contribution >= 4 is 0 Å². The first-order valence-electron chi connectivity index (χ1n) is 6.15. The topological polar surface area (TPSA) is 84.0 Å². The van der Waals surface area contributed by atoms with Crippen LogP contribution in [0.2, 0.25) is 0 Å². The van der Waals surface area contributed by atoms with Gasteiger partial charge in [-0.2, -0.15) is 10.4 Å². The summed E-state index contributed by atoms with van der Waals surface area (Å²) in [5.41, 5.74) is 4.66. The van der Waals surface area contributed by atoms with Gasteiger partial charge in [-0.15, -0.1) is 0 Å². The van der Waals surface area contributed by atoms with E-state index in [0.29, 0.717) is 11.5 Å². The molecule has 0 fully saturated rings. The maximum atomic E-state index is 8.84. The van der Waals surface area contributed by atoms with Crippen LogP contribution in [0.25, 0.3) is 0 Å². The lowest BCUT2D eigenvalue weighted by molar-refractivity contribution is 0.483. The molecule has 0 spiro atoms. The average Bonchev–Trinajstić information content (AvgIpc) is 2.93. The van der Waals surface area contributed by atoms with Crippen molar-refractivity contribution in [2.45, 2.75) is 31.6 Å². The molecule has 1 aromatic carbocycles. The minimum Gasteiger partial charge on any atom is -0.412 e. The summed E-state index contributed by atoms with van der Waals surface area (Å²) in [6.07, 6.45) is 3.02. The molecule has 0 bridgehead atoms. The second-order valence-corrected chi connectivity index (χ2v) is 5.57. The monoisotopic (exact) mass is 255 g/mol. The number of nitrogens with one attached hydrogen (secondary N) is 1. The van der Waals surface area contributed by atoms with Crippen LogP contribution in [0.4, 0.5) is 0 Å². The third-order valence-corrected chi connectivity index (χ3v) is 3.88. The maximum Gasteiger partial charge on any atom is 0.0991 e. The zero-order chi connectivity index (χ0) is 12.8. The predicted molar refractivity (Wildman–Crippen MR) is 72.8 cm³/mol. The van der Waals surface area contributed by atoms with Gasteiger partial charge in [-0.05, 0) is 24.1 Å². The Morgan fingerprint density at radius 3 is 2.63 bits per heavy atom. The SMILES string of the molecule is CC1(C)C[C@H](c2ccc(C#N)cc2)c2cn[nH]c21.O. The third-order valence-electron chi connectivity index (χ3n) is 3.88. The molecule has 0 aliphatic heterocycles. The molecular weight excluding hydrogens is 238 g/mol. The molecule has 0 saturated carbocycles. The van der Waals surface area contributed by atoms with Crippen molar-refractivity contribution in [2.75, 3.05) is 0 Å². The molecule has 0 saturated heterocycles. The van der Waals surface area contributed by atoms with Gasteiger partial charge in [0, 0.05) is 22.6 Å². The van der Waals surface area contributed by atoms with E-state index in [4.69, 9.17) is 5.26 Å². The summed E-state index contributed by atoms with van der Waals surface area (Å²) in [6.45, 7) is 4.49. The lowest BCUT2D eigenvalue weighted by Crippen LogP contribution is -2.14. The molecule has 4 nitrogen and oxygen atoms in total. The van der Waals surface area contributed by atoms with E-state index in [0.717, 1.165) is 6.42 Å². The Labute approximate surface area is 112 Å². The number of benzene rings is 1. The molecule has 1 aliphatic carbocycles. The Bertz CT molecular complexity index is 620. The summed E-state index contributed by atoms with van der Waals surface area (Å²) in [5.74, 6) is 0.390. The molecule has 4 heteroatoms. The number of nitriles is 1. The van der Waals surface area contributed by atoms with Gasteiger partial charge in [0.1, 0.15) is 0 Å². The van der Waals surface area contributed by atoms with Crippen molar-refractivity contribution < 1.29 is 5.48 Å². The zero-order valence-corrected chi connectivity index (χ0v) is 11.1. The van der Waals surface area contributed by atoms with E-state index in [1.54, 1.807) is 0 Å². The second kappa shape index (κ2) is 4.52. The van der Waals surface area contributed by atoms with Crippen molar-refractivity contribution in [1.82, 2.24) is 10.2 Å². The Morgan fingerprint density at radius 2 is 2.00 bits per heavy atom. The molecule has 2 aromatic rings. The van der Waals surface area contributed by atoms with Crippen LogP contribution in [-0.2, 0) is 5.41 Å². The van der Waals surface area contributed by atoms with Gasteiger partial charge in [0.05, 0.1) is 17.8 Å². The Morgan fingerprint density at radius 1 is 1.32 bits per heavy atom. The van der Waals surface area contributed by atoms with Gasteiger partial charge in [-0.3, -0.25) is 5.10 Å². The maximum absolute atomic E-state index is 8.84. The Hall–Kier alpha value is -2.12. The van der Waals surface area contributed by atoms with Crippen LogP contribution in [0, 0.1) is 11.3 Å². The van der Waals surface area contributed by atoms with Crippen molar-refractivity contribution in [3.8, 4) is 6.07 Å². The number of aromatic nitrogens is 2. The molecule has 19 heavy (non-hydrogen) atoms. The van der Waals surface area contributed by atoms with Gasteiger partial charge in [-0.1, -0.05) is 26.0 Å². The Kier molecular flexibility index (Phi) is 3.17. The number of nitrogens with zero attached hydrogens (tertiary/aromatic N) is 2. The molecular formula is C15H17N3O. The zero-order valence-electron chi connectivity index (χ0n) is 11.1. The van der Waals surface area contributed by atoms with Crippen LogP contribution < -0.4 is 0 Å². The standard InChI is InChI=1S/C15H15N3.H2O/c1-15(2)7-12(13-9-17-18-14(13)15)11-5-3-10(8-16)4-6-11;/h3-6,9,12H,7H2,1-2H3,(H,17,18);1H2/t12-;/m1./s1. The summed E-state index contributed by atoms with van der Waals surface area (Å²) in [6, 6.07) is 10.0. The molecule has 0 unspecified atom stereocenters. The number of aromatic amines is 1. The number of hydrogen-bond donors (Lipinski definition) is 1. The Balaban J connectivity index is 0.00000133. The van der Waals surface area contributed by atoms with Gasteiger partial charge in [0.2, 0.25) is 0 Å². The van der Waals surface area contributed by atoms with Crippen molar-refractivity contribution in [1.29, 1.82) is 5.26 Å². The highest BCUT2D eigenvalue weighted by Crippen LogP contribution is 2.47. The van der Waals surface area contributed by atoms with Crippen molar-refractivity contribution in [3.05, 3.63) is 52.8 Å². The number of fused-ring (bicyclic) bond motifs is 1. The number of rotatable bonds is 1. The number of H-pyrrole nitrogens is 1. The van der Waals surface area contributed by atoms with Crippen LogP contribution in [0.3, 0.4) is 0 Å². The van der Waals surface area contributed by atoms with Gasteiger partial charge < -0.3 is 5.48 Å². The van der Waals surface area contributed by atoms with Crippen LogP contribution >= 0.6 is 0 Å². The molecule has 1 aliphatic rings. The van der Waals surface area contributed by atoms with Crippen LogP contribution in [0.1, 0.15) is 48.6 Å². The minimum absolute atomic E-state index is 0. The summed E-state index contributed by atoms with van der Waals surface area (Å²) < 4.78 is 0. The van der Waals surface area contributed by atoms with Gasteiger partial charge in [0.15, 0.2) is 0 Å². The lowest BCUT2D eigenvalue weighted by Gasteiger charge is -2.18. The lowest BCUT2D eigenvalue weighted by atomic mass is 9.86. The molecule has 0 amide bonds. The molecule has 1 aromatic heterocycles.